The van der Waals surface area contributed by atoms with E-state index in [4.69, 9.17) is 0 Å². The number of hydrogen-bond acceptors (Lipinski definition) is 1. The van der Waals surface area contributed by atoms with Crippen LogP contribution in [0.25, 0.3) is 0 Å². The third-order valence-electron chi connectivity index (χ3n) is 3.30. The van der Waals surface area contributed by atoms with Gasteiger partial charge >= 0.3 is 0 Å². The molecule has 2 atom stereocenters. The molecule has 2 aliphatic carbocycles. The molecular weight excluding hydrogens is 148 g/mol. The molecule has 0 aromatic heterocycles. The summed E-state index contributed by atoms with van der Waals surface area (Å²) in [6.07, 6.45) is 7.61. The Morgan fingerprint density at radius 1 is 1.33 bits per heavy atom. The summed E-state index contributed by atoms with van der Waals surface area (Å²) >= 11 is 0. The highest BCUT2D eigenvalue weighted by molar-refractivity contribution is 5.79. The normalized spacial score (nSPS) is 35.8. The minimum Gasteiger partial charge on any atom is -0.300 e. The predicted molar refractivity (Wildman–Crippen MR) is 48.8 cm³/mol. The molecule has 2 unspecified atom stereocenters. The Labute approximate surface area is 73.8 Å². The molecule has 1 heteroatoms. The van der Waals surface area contributed by atoms with Crippen molar-refractivity contribution in [3.05, 3.63) is 11.6 Å². The Hall–Kier alpha value is -0.590. The van der Waals surface area contributed by atoms with Crippen molar-refractivity contribution in [3.63, 3.8) is 0 Å². The molecular formula is C11H16O. The van der Waals surface area contributed by atoms with E-state index >= 15 is 0 Å². The Kier molecular flexibility index (Phi) is 2.03. The van der Waals surface area contributed by atoms with Gasteiger partial charge < -0.3 is 0 Å². The molecule has 2 rings (SSSR count). The van der Waals surface area contributed by atoms with Crippen LogP contribution in [0.3, 0.4) is 0 Å². The summed E-state index contributed by atoms with van der Waals surface area (Å²) < 4.78 is 0. The van der Waals surface area contributed by atoms with Gasteiger partial charge in [0, 0.05) is 12.8 Å². The Morgan fingerprint density at radius 2 is 2.17 bits per heavy atom. The number of allylic oxidation sites excluding steroid dienone is 2. The molecule has 0 aliphatic heterocycles. The van der Waals surface area contributed by atoms with Gasteiger partial charge in [-0.3, -0.25) is 4.79 Å². The predicted octanol–water partition coefficient (Wildman–Crippen LogP) is 2.71. The van der Waals surface area contributed by atoms with E-state index in [1.165, 1.54) is 18.4 Å². The molecule has 0 bridgehead atoms. The molecule has 0 N–H and O–H groups in total. The van der Waals surface area contributed by atoms with Crippen LogP contribution in [0.2, 0.25) is 0 Å². The van der Waals surface area contributed by atoms with Crippen LogP contribution in [0.1, 0.15) is 39.0 Å². The second-order valence-corrected chi connectivity index (χ2v) is 4.29. The number of carbonyl (C=O) groups excluding carboxylic acids is 1. The Bertz CT molecular complexity index is 227. The smallest absolute Gasteiger partial charge is 0.133 e. The molecule has 0 aromatic rings. The van der Waals surface area contributed by atoms with Crippen LogP contribution < -0.4 is 0 Å². The first-order valence-corrected chi connectivity index (χ1v) is 4.93. The first-order chi connectivity index (χ1) is 5.75. The molecule has 0 aromatic carbocycles. The minimum absolute atomic E-state index is 0.492. The van der Waals surface area contributed by atoms with Crippen molar-refractivity contribution < 1.29 is 4.79 Å². The van der Waals surface area contributed by atoms with Crippen LogP contribution in [0.4, 0.5) is 0 Å². The second-order valence-electron chi connectivity index (χ2n) is 4.29. The van der Waals surface area contributed by atoms with Crippen LogP contribution in [0, 0.1) is 11.8 Å². The fourth-order valence-corrected chi connectivity index (χ4v) is 2.54. The molecule has 12 heavy (non-hydrogen) atoms. The Balaban J connectivity index is 2.08. The maximum Gasteiger partial charge on any atom is 0.133 e. The average molecular weight is 164 g/mol. The number of carbonyl (C=O) groups is 1. The SMILES string of the molecule is CC1=CCC2CCC(=O)CC2C1. The van der Waals surface area contributed by atoms with Gasteiger partial charge in [-0.1, -0.05) is 11.6 Å². The molecule has 0 spiro atoms. The minimum atomic E-state index is 0.492. The van der Waals surface area contributed by atoms with Crippen molar-refractivity contribution in [2.24, 2.45) is 11.8 Å². The zero-order chi connectivity index (χ0) is 8.55. The lowest BCUT2D eigenvalue weighted by Gasteiger charge is -2.33. The van der Waals surface area contributed by atoms with Crippen molar-refractivity contribution in [2.75, 3.05) is 0 Å². The van der Waals surface area contributed by atoms with E-state index in [0.29, 0.717) is 11.7 Å². The molecule has 1 fully saturated rings. The van der Waals surface area contributed by atoms with E-state index < -0.39 is 0 Å². The summed E-state index contributed by atoms with van der Waals surface area (Å²) in [5.41, 5.74) is 1.49. The van der Waals surface area contributed by atoms with Gasteiger partial charge in [-0.15, -0.1) is 0 Å². The third kappa shape index (κ3) is 1.45. The lowest BCUT2D eigenvalue weighted by Crippen LogP contribution is -2.26. The average Bonchev–Trinajstić information content (AvgIpc) is 2.03. The first kappa shape index (κ1) is 8.03. The quantitative estimate of drug-likeness (QED) is 0.503. The van der Waals surface area contributed by atoms with Gasteiger partial charge in [0.25, 0.3) is 0 Å². The lowest BCUT2D eigenvalue weighted by atomic mass is 9.71. The largest absolute Gasteiger partial charge is 0.300 e. The van der Waals surface area contributed by atoms with Crippen molar-refractivity contribution in [3.8, 4) is 0 Å². The molecule has 2 aliphatic rings. The van der Waals surface area contributed by atoms with Gasteiger partial charge in [-0.25, -0.2) is 0 Å². The number of Topliss-reactive ketones (excluding diaryl/α,β-unsaturated/α-hetero) is 1. The standard InChI is InChI=1S/C11H16O/c1-8-2-3-9-4-5-11(12)7-10(9)6-8/h2,9-10H,3-7H2,1H3. The van der Waals surface area contributed by atoms with Crippen LogP contribution in [-0.4, -0.2) is 5.78 Å². The summed E-state index contributed by atoms with van der Waals surface area (Å²) in [4.78, 5) is 11.2. The van der Waals surface area contributed by atoms with E-state index in [-0.39, 0.29) is 0 Å². The highest BCUT2D eigenvalue weighted by Gasteiger charge is 2.30. The first-order valence-electron chi connectivity index (χ1n) is 4.93. The van der Waals surface area contributed by atoms with Crippen molar-refractivity contribution >= 4 is 5.78 Å². The number of fused-ring (bicyclic) bond motifs is 1. The van der Waals surface area contributed by atoms with Crippen LogP contribution in [-0.2, 0) is 4.79 Å². The van der Waals surface area contributed by atoms with Gasteiger partial charge in [0.1, 0.15) is 5.78 Å². The number of ketones is 1. The summed E-state index contributed by atoms with van der Waals surface area (Å²) in [6.45, 7) is 2.19. The maximum atomic E-state index is 11.2. The molecule has 1 nitrogen and oxygen atoms in total. The molecule has 66 valence electrons. The Morgan fingerprint density at radius 3 is 3.00 bits per heavy atom. The van der Waals surface area contributed by atoms with E-state index in [9.17, 15) is 4.79 Å². The highest BCUT2D eigenvalue weighted by Crippen LogP contribution is 2.38. The molecule has 0 heterocycles. The van der Waals surface area contributed by atoms with Gasteiger partial charge in [-0.2, -0.15) is 0 Å². The number of hydrogen-bond donors (Lipinski definition) is 0. The maximum absolute atomic E-state index is 11.2. The summed E-state index contributed by atoms with van der Waals surface area (Å²) in [5.74, 6) is 2.01. The van der Waals surface area contributed by atoms with Crippen LogP contribution in [0.5, 0.6) is 0 Å². The summed E-state index contributed by atoms with van der Waals surface area (Å²) in [6, 6.07) is 0. The van der Waals surface area contributed by atoms with Gasteiger partial charge in [0.2, 0.25) is 0 Å². The fraction of sp³-hybridized carbons (Fsp3) is 0.727. The van der Waals surface area contributed by atoms with Crippen molar-refractivity contribution in [1.29, 1.82) is 0 Å². The van der Waals surface area contributed by atoms with Crippen LogP contribution in [0.15, 0.2) is 11.6 Å². The van der Waals surface area contributed by atoms with Crippen LogP contribution >= 0.6 is 0 Å². The van der Waals surface area contributed by atoms with E-state index in [0.717, 1.165) is 25.2 Å². The van der Waals surface area contributed by atoms with Crippen molar-refractivity contribution in [1.82, 2.24) is 0 Å². The topological polar surface area (TPSA) is 17.1 Å². The summed E-state index contributed by atoms with van der Waals surface area (Å²) in [7, 11) is 0. The van der Waals surface area contributed by atoms with Gasteiger partial charge in [0.05, 0.1) is 0 Å². The fourth-order valence-electron chi connectivity index (χ4n) is 2.54. The summed E-state index contributed by atoms with van der Waals surface area (Å²) in [5, 5.41) is 0. The zero-order valence-electron chi connectivity index (χ0n) is 7.68. The molecule has 1 saturated carbocycles. The third-order valence-corrected chi connectivity index (χ3v) is 3.30. The molecule has 0 amide bonds. The van der Waals surface area contributed by atoms with Gasteiger partial charge in [0.15, 0.2) is 0 Å². The number of rotatable bonds is 0. The monoisotopic (exact) mass is 164 g/mol. The van der Waals surface area contributed by atoms with Gasteiger partial charge in [-0.05, 0) is 38.0 Å². The van der Waals surface area contributed by atoms with Crippen molar-refractivity contribution in [2.45, 2.75) is 39.0 Å². The highest BCUT2D eigenvalue weighted by atomic mass is 16.1. The molecule has 0 radical (unpaired) electrons. The van der Waals surface area contributed by atoms with E-state index in [2.05, 4.69) is 13.0 Å². The lowest BCUT2D eigenvalue weighted by molar-refractivity contribution is -0.122. The van der Waals surface area contributed by atoms with E-state index in [1.54, 1.807) is 0 Å². The van der Waals surface area contributed by atoms with E-state index in [1.807, 2.05) is 0 Å². The zero-order valence-corrected chi connectivity index (χ0v) is 7.68. The molecule has 0 saturated heterocycles. The second kappa shape index (κ2) is 3.04.